The molecule has 0 aliphatic carbocycles. The van der Waals surface area contributed by atoms with E-state index in [0.29, 0.717) is 19.8 Å². The van der Waals surface area contributed by atoms with Crippen LogP contribution in [0.2, 0.25) is 0 Å². The van der Waals surface area contributed by atoms with Crippen molar-refractivity contribution in [3.63, 3.8) is 0 Å². The fourth-order valence-electron chi connectivity index (χ4n) is 3.29. The summed E-state index contributed by atoms with van der Waals surface area (Å²) < 4.78 is 5.59. The number of hydrogen-bond donors (Lipinski definition) is 1. The Balaban J connectivity index is 1.64. The zero-order valence-electron chi connectivity index (χ0n) is 14.0. The van der Waals surface area contributed by atoms with Gasteiger partial charge in [0, 0.05) is 30.2 Å². The summed E-state index contributed by atoms with van der Waals surface area (Å²) in [5.41, 5.74) is 1.00. The number of nitrogens with one attached hydrogen (secondary N) is 1. The van der Waals surface area contributed by atoms with Crippen LogP contribution in [0.3, 0.4) is 0 Å². The molecule has 128 valence electrons. The first kappa shape index (κ1) is 16.7. The molecule has 2 fully saturated rings. The average molecular weight is 338 g/mol. The van der Waals surface area contributed by atoms with E-state index in [1.165, 1.54) is 0 Å². The summed E-state index contributed by atoms with van der Waals surface area (Å²) in [7, 11) is 0. The fraction of sp³-hybridized carbons (Fsp3) is 0.750. The van der Waals surface area contributed by atoms with Gasteiger partial charge in [0.15, 0.2) is 0 Å². The molecule has 2 saturated heterocycles. The number of hydrogen-bond acceptors (Lipinski definition) is 5. The molecule has 2 amide bonds. The van der Waals surface area contributed by atoms with E-state index < -0.39 is 0 Å². The summed E-state index contributed by atoms with van der Waals surface area (Å²) in [5.74, 6) is 0. The van der Waals surface area contributed by atoms with Crippen LogP contribution >= 0.6 is 11.3 Å². The van der Waals surface area contributed by atoms with Crippen LogP contribution in [-0.2, 0) is 4.74 Å². The maximum atomic E-state index is 12.8. The van der Waals surface area contributed by atoms with Gasteiger partial charge in [-0.2, -0.15) is 0 Å². The van der Waals surface area contributed by atoms with E-state index in [9.17, 15) is 4.79 Å². The second-order valence-corrected chi connectivity index (χ2v) is 7.18. The number of nitrogens with zero attached hydrogens (tertiary/aromatic N) is 3. The molecular formula is C16H26N4O2S. The highest BCUT2D eigenvalue weighted by Crippen LogP contribution is 2.27. The summed E-state index contributed by atoms with van der Waals surface area (Å²) in [6, 6.07) is 0.208. The van der Waals surface area contributed by atoms with Crippen molar-refractivity contribution < 1.29 is 9.53 Å². The summed E-state index contributed by atoms with van der Waals surface area (Å²) in [6.45, 7) is 9.05. The van der Waals surface area contributed by atoms with Gasteiger partial charge >= 0.3 is 6.03 Å². The lowest BCUT2D eigenvalue weighted by atomic mass is 10.1. The Hall–Kier alpha value is -1.18. The van der Waals surface area contributed by atoms with E-state index in [4.69, 9.17) is 4.74 Å². The van der Waals surface area contributed by atoms with Crippen molar-refractivity contribution in [2.45, 2.75) is 38.8 Å². The van der Waals surface area contributed by atoms with Crippen molar-refractivity contribution in [3.8, 4) is 0 Å². The second-order valence-electron chi connectivity index (χ2n) is 6.29. The number of aryl methyl sites for hydroxylation is 1. The van der Waals surface area contributed by atoms with Crippen LogP contribution in [0.4, 0.5) is 4.79 Å². The molecule has 7 heteroatoms. The van der Waals surface area contributed by atoms with Crippen LogP contribution in [0.1, 0.15) is 36.5 Å². The molecule has 1 aromatic rings. The molecule has 2 aliphatic heterocycles. The number of likely N-dealkylation sites (N-methyl/N-ethyl adjacent to an activating group) is 1. The minimum absolute atomic E-state index is 0.0223. The predicted octanol–water partition coefficient (Wildman–Crippen LogP) is 2.02. The van der Waals surface area contributed by atoms with Gasteiger partial charge in [-0.15, -0.1) is 11.3 Å². The van der Waals surface area contributed by atoms with Crippen LogP contribution in [0.15, 0.2) is 5.38 Å². The van der Waals surface area contributed by atoms with Gasteiger partial charge in [0.25, 0.3) is 0 Å². The topological polar surface area (TPSA) is 57.7 Å². The van der Waals surface area contributed by atoms with Gasteiger partial charge in [-0.1, -0.05) is 6.92 Å². The fourth-order valence-corrected chi connectivity index (χ4v) is 4.19. The van der Waals surface area contributed by atoms with Crippen molar-refractivity contribution in [1.82, 2.24) is 20.1 Å². The predicted molar refractivity (Wildman–Crippen MR) is 90.8 cm³/mol. The third-order valence-electron chi connectivity index (χ3n) is 4.59. The number of carbonyl (C=O) groups is 1. The van der Waals surface area contributed by atoms with Crippen molar-refractivity contribution in [2.24, 2.45) is 0 Å². The molecule has 1 aromatic heterocycles. The lowest BCUT2D eigenvalue weighted by Crippen LogP contribution is -2.54. The molecule has 3 heterocycles. The molecule has 2 atom stereocenters. The molecule has 0 spiro atoms. The zero-order valence-corrected chi connectivity index (χ0v) is 14.8. The number of ether oxygens (including phenoxy) is 1. The van der Waals surface area contributed by atoms with Crippen molar-refractivity contribution >= 4 is 17.4 Å². The van der Waals surface area contributed by atoms with Crippen LogP contribution in [0.25, 0.3) is 0 Å². The molecule has 0 radical (unpaired) electrons. The molecule has 23 heavy (non-hydrogen) atoms. The first-order valence-corrected chi connectivity index (χ1v) is 9.34. The van der Waals surface area contributed by atoms with Crippen LogP contribution < -0.4 is 5.32 Å². The Morgan fingerprint density at radius 3 is 3.13 bits per heavy atom. The number of rotatable bonds is 3. The number of amides is 2. The van der Waals surface area contributed by atoms with E-state index in [2.05, 4.69) is 22.1 Å². The quantitative estimate of drug-likeness (QED) is 0.916. The molecule has 3 rings (SSSR count). The highest BCUT2D eigenvalue weighted by atomic mass is 32.1. The monoisotopic (exact) mass is 338 g/mol. The van der Waals surface area contributed by atoms with Crippen molar-refractivity contribution in [1.29, 1.82) is 0 Å². The molecule has 1 N–H and O–H groups in total. The maximum absolute atomic E-state index is 12.8. The largest absolute Gasteiger partial charge is 0.377 e. The molecule has 0 aromatic carbocycles. The van der Waals surface area contributed by atoms with Gasteiger partial charge in [-0.05, 0) is 32.9 Å². The number of likely N-dealkylation sites (tertiary alicyclic amines) is 1. The number of morpholine rings is 1. The Kier molecular flexibility index (Phi) is 5.50. The first-order valence-electron chi connectivity index (χ1n) is 8.46. The molecule has 6 nitrogen and oxygen atoms in total. The van der Waals surface area contributed by atoms with Gasteiger partial charge in [0.2, 0.25) is 0 Å². The third kappa shape index (κ3) is 4.02. The van der Waals surface area contributed by atoms with E-state index in [1.54, 1.807) is 11.3 Å². The highest BCUT2D eigenvalue weighted by Gasteiger charge is 2.32. The summed E-state index contributed by atoms with van der Waals surface area (Å²) >= 11 is 1.61. The Morgan fingerprint density at radius 1 is 1.52 bits per heavy atom. The number of piperidine rings is 1. The molecule has 0 saturated carbocycles. The smallest absolute Gasteiger partial charge is 0.318 e. The maximum Gasteiger partial charge on any atom is 0.318 e. The SMILES string of the molecule is CCN1CCC[C@@H](NC(=O)N2CCOC[C@@H]2c2nc(C)cs2)C1. The Bertz CT molecular complexity index is 536. The number of aromatic nitrogens is 1. The van der Waals surface area contributed by atoms with E-state index in [-0.39, 0.29) is 18.1 Å². The standard InChI is InChI=1S/C16H26N4O2S/c1-3-19-6-4-5-13(9-19)18-16(21)20-7-8-22-10-14(20)15-17-12(2)11-23-15/h11,13-14H,3-10H2,1-2H3,(H,18,21)/t13-,14-/m1/s1. The normalized spacial score (nSPS) is 26.3. The summed E-state index contributed by atoms with van der Waals surface area (Å²) in [4.78, 5) is 21.6. The third-order valence-corrected chi connectivity index (χ3v) is 5.66. The Labute approximate surface area is 141 Å². The number of urea groups is 1. The molecule has 0 bridgehead atoms. The van der Waals surface area contributed by atoms with E-state index >= 15 is 0 Å². The van der Waals surface area contributed by atoms with E-state index in [0.717, 1.165) is 43.2 Å². The summed E-state index contributed by atoms with van der Waals surface area (Å²) in [6.07, 6.45) is 2.21. The van der Waals surface area contributed by atoms with Gasteiger partial charge in [0.1, 0.15) is 11.0 Å². The van der Waals surface area contributed by atoms with Crippen LogP contribution in [-0.4, -0.2) is 66.2 Å². The molecular weight excluding hydrogens is 312 g/mol. The van der Waals surface area contributed by atoms with Gasteiger partial charge in [-0.25, -0.2) is 9.78 Å². The zero-order chi connectivity index (χ0) is 16.2. The highest BCUT2D eigenvalue weighted by molar-refractivity contribution is 7.09. The lowest BCUT2D eigenvalue weighted by Gasteiger charge is -2.37. The molecule has 2 aliphatic rings. The minimum atomic E-state index is -0.0617. The van der Waals surface area contributed by atoms with Gasteiger partial charge in [0.05, 0.1) is 13.2 Å². The van der Waals surface area contributed by atoms with E-state index in [1.807, 2.05) is 17.2 Å². The van der Waals surface area contributed by atoms with Crippen LogP contribution in [0, 0.1) is 6.92 Å². The first-order chi connectivity index (χ1) is 11.2. The number of carbonyl (C=O) groups excluding carboxylic acids is 1. The number of thiazole rings is 1. The van der Waals surface area contributed by atoms with Gasteiger partial charge < -0.3 is 19.9 Å². The second kappa shape index (κ2) is 7.59. The summed E-state index contributed by atoms with van der Waals surface area (Å²) in [5, 5.41) is 6.22. The Morgan fingerprint density at radius 2 is 2.39 bits per heavy atom. The molecule has 0 unspecified atom stereocenters. The average Bonchev–Trinajstić information content (AvgIpc) is 3.01. The van der Waals surface area contributed by atoms with Crippen LogP contribution in [0.5, 0.6) is 0 Å². The minimum Gasteiger partial charge on any atom is -0.377 e. The van der Waals surface area contributed by atoms with Gasteiger partial charge in [-0.3, -0.25) is 0 Å². The van der Waals surface area contributed by atoms with Crippen molar-refractivity contribution in [2.75, 3.05) is 39.4 Å². The lowest BCUT2D eigenvalue weighted by molar-refractivity contribution is 0.0103. The van der Waals surface area contributed by atoms with Crippen molar-refractivity contribution in [3.05, 3.63) is 16.1 Å².